The van der Waals surface area contributed by atoms with Crippen molar-refractivity contribution in [3.63, 3.8) is 0 Å². The molecule has 36 heavy (non-hydrogen) atoms. The summed E-state index contributed by atoms with van der Waals surface area (Å²) in [4.78, 5) is 17.0. The molecule has 1 amide bonds. The number of alkyl halides is 3. The largest absolute Gasteiger partial charge is 0.460 e. The van der Waals surface area contributed by atoms with E-state index in [1.165, 1.54) is 23.9 Å². The number of benzene rings is 3. The first-order valence-electron chi connectivity index (χ1n) is 11.0. The maximum absolute atomic E-state index is 13.0. The lowest BCUT2D eigenvalue weighted by atomic mass is 10.1. The van der Waals surface area contributed by atoms with Crippen LogP contribution >= 0.6 is 0 Å². The Kier molecular flexibility index (Phi) is 7.35. The second-order valence-corrected chi connectivity index (χ2v) is 7.92. The molecule has 0 saturated heterocycles. The number of amides is 1. The Hall–Kier alpha value is -4.18. The van der Waals surface area contributed by atoms with Crippen molar-refractivity contribution >= 4 is 11.6 Å². The molecule has 1 heterocycles. The molecule has 0 aliphatic rings. The molecule has 4 rings (SSSR count). The van der Waals surface area contributed by atoms with E-state index in [4.69, 9.17) is 9.47 Å². The fourth-order valence-electron chi connectivity index (χ4n) is 3.37. The summed E-state index contributed by atoms with van der Waals surface area (Å²) in [5, 5.41) is 7.23. The van der Waals surface area contributed by atoms with Crippen LogP contribution in [0.1, 0.15) is 21.5 Å². The van der Waals surface area contributed by atoms with Crippen molar-refractivity contribution in [1.29, 1.82) is 0 Å². The molecule has 10 heteroatoms. The Morgan fingerprint density at radius 2 is 1.72 bits per heavy atom. The van der Waals surface area contributed by atoms with Crippen molar-refractivity contribution in [2.75, 3.05) is 25.6 Å². The molecular weight excluding hydrogens is 473 g/mol. The maximum Gasteiger partial charge on any atom is 0.416 e. The van der Waals surface area contributed by atoms with Crippen LogP contribution in [0.5, 0.6) is 6.01 Å². The van der Waals surface area contributed by atoms with Gasteiger partial charge >= 0.3 is 12.2 Å². The molecule has 1 aromatic heterocycles. The summed E-state index contributed by atoms with van der Waals surface area (Å²) < 4.78 is 51.1. The van der Waals surface area contributed by atoms with E-state index in [1.54, 1.807) is 36.4 Å². The summed E-state index contributed by atoms with van der Waals surface area (Å²) in [5.41, 5.74) is 2.22. The number of hydrogen-bond acceptors (Lipinski definition) is 5. The third-order valence-corrected chi connectivity index (χ3v) is 5.24. The molecule has 4 aromatic rings. The monoisotopic (exact) mass is 496 g/mol. The number of ether oxygens (including phenoxy) is 2. The average Bonchev–Trinajstić information content (AvgIpc) is 3.28. The van der Waals surface area contributed by atoms with Gasteiger partial charge in [-0.05, 0) is 49.4 Å². The molecule has 186 valence electrons. The van der Waals surface area contributed by atoms with Crippen molar-refractivity contribution < 1.29 is 27.4 Å². The van der Waals surface area contributed by atoms with Crippen molar-refractivity contribution in [1.82, 2.24) is 14.8 Å². The molecule has 0 saturated carbocycles. The molecule has 0 fully saturated rings. The van der Waals surface area contributed by atoms with Gasteiger partial charge in [-0.25, -0.2) is 4.68 Å². The zero-order valence-corrected chi connectivity index (χ0v) is 19.5. The Bertz CT molecular complexity index is 1330. The standard InChI is InChI=1S/C26H23F3N4O3/c1-17-6-8-19(9-7-17)24(34)30-21-4-3-5-22(16-21)33-23(31-25(32-33)36-15-14-35-2)18-10-12-20(13-11-18)26(27,28)29/h3-13,16H,14-15H2,1-2H3,(H,30,34). The summed E-state index contributed by atoms with van der Waals surface area (Å²) in [6.45, 7) is 2.44. The third kappa shape index (κ3) is 5.89. The van der Waals surface area contributed by atoms with Crippen LogP contribution in [-0.4, -0.2) is 41.0 Å². The quantitative estimate of drug-likeness (QED) is 0.324. The highest BCUT2D eigenvalue weighted by Gasteiger charge is 2.30. The molecule has 0 spiro atoms. The number of nitrogens with zero attached hydrogens (tertiary/aromatic N) is 3. The van der Waals surface area contributed by atoms with Gasteiger partial charge in [0.2, 0.25) is 0 Å². The predicted octanol–water partition coefficient (Wildman–Crippen LogP) is 5.54. The van der Waals surface area contributed by atoms with Gasteiger partial charge in [0.25, 0.3) is 5.91 Å². The van der Waals surface area contributed by atoms with E-state index in [9.17, 15) is 18.0 Å². The van der Waals surface area contributed by atoms with E-state index < -0.39 is 11.7 Å². The topological polar surface area (TPSA) is 78.3 Å². The molecule has 0 radical (unpaired) electrons. The summed E-state index contributed by atoms with van der Waals surface area (Å²) >= 11 is 0. The van der Waals surface area contributed by atoms with Crippen LogP contribution in [-0.2, 0) is 10.9 Å². The van der Waals surface area contributed by atoms with E-state index in [2.05, 4.69) is 15.4 Å². The zero-order valence-electron chi connectivity index (χ0n) is 19.5. The number of carbonyl (C=O) groups is 1. The molecule has 0 aliphatic heterocycles. The maximum atomic E-state index is 13.0. The van der Waals surface area contributed by atoms with E-state index >= 15 is 0 Å². The third-order valence-electron chi connectivity index (χ3n) is 5.24. The van der Waals surface area contributed by atoms with Crippen molar-refractivity contribution in [3.05, 3.63) is 89.5 Å². The minimum atomic E-state index is -4.45. The Morgan fingerprint density at radius 3 is 2.39 bits per heavy atom. The average molecular weight is 496 g/mol. The minimum absolute atomic E-state index is 0.0380. The van der Waals surface area contributed by atoms with E-state index in [0.29, 0.717) is 29.1 Å². The Morgan fingerprint density at radius 1 is 1.00 bits per heavy atom. The van der Waals surface area contributed by atoms with E-state index in [1.807, 2.05) is 19.1 Å². The second kappa shape index (κ2) is 10.6. The molecule has 1 N–H and O–H groups in total. The van der Waals surface area contributed by atoms with Gasteiger partial charge in [-0.3, -0.25) is 4.79 Å². The summed E-state index contributed by atoms with van der Waals surface area (Å²) in [6.07, 6.45) is -4.45. The van der Waals surface area contributed by atoms with Gasteiger partial charge in [0.15, 0.2) is 5.82 Å². The summed E-state index contributed by atoms with van der Waals surface area (Å²) in [5.74, 6) is -0.00422. The Balaban J connectivity index is 1.66. The van der Waals surface area contributed by atoms with Crippen LogP contribution in [0.3, 0.4) is 0 Å². The highest BCUT2D eigenvalue weighted by Crippen LogP contribution is 2.32. The summed E-state index contributed by atoms with van der Waals surface area (Å²) in [6, 6.07) is 18.7. The smallest absolute Gasteiger partial charge is 0.416 e. The number of aryl methyl sites for hydroxylation is 1. The van der Waals surface area contributed by atoms with Gasteiger partial charge in [-0.2, -0.15) is 18.2 Å². The number of carbonyl (C=O) groups excluding carboxylic acids is 1. The normalized spacial score (nSPS) is 11.4. The molecule has 0 aliphatic carbocycles. The van der Waals surface area contributed by atoms with Gasteiger partial charge in [-0.1, -0.05) is 35.9 Å². The lowest BCUT2D eigenvalue weighted by molar-refractivity contribution is -0.137. The fraction of sp³-hybridized carbons (Fsp3) is 0.192. The lowest BCUT2D eigenvalue weighted by Gasteiger charge is -2.10. The molecular formula is C26H23F3N4O3. The van der Waals surface area contributed by atoms with Crippen LogP contribution in [0, 0.1) is 6.92 Å². The fourth-order valence-corrected chi connectivity index (χ4v) is 3.37. The van der Waals surface area contributed by atoms with E-state index in [-0.39, 0.29) is 24.3 Å². The predicted molar refractivity (Wildman–Crippen MR) is 128 cm³/mol. The first-order valence-corrected chi connectivity index (χ1v) is 11.0. The van der Waals surface area contributed by atoms with Gasteiger partial charge in [0.05, 0.1) is 17.9 Å². The van der Waals surface area contributed by atoms with Crippen LogP contribution in [0.4, 0.5) is 18.9 Å². The second-order valence-electron chi connectivity index (χ2n) is 7.92. The van der Waals surface area contributed by atoms with Crippen LogP contribution < -0.4 is 10.1 Å². The van der Waals surface area contributed by atoms with Crippen LogP contribution in [0.25, 0.3) is 17.1 Å². The molecule has 3 aromatic carbocycles. The van der Waals surface area contributed by atoms with Gasteiger partial charge in [-0.15, -0.1) is 5.10 Å². The first kappa shape index (κ1) is 24.9. The Labute approximate surface area is 205 Å². The highest BCUT2D eigenvalue weighted by atomic mass is 19.4. The number of aromatic nitrogens is 3. The van der Waals surface area contributed by atoms with E-state index in [0.717, 1.165) is 17.7 Å². The van der Waals surface area contributed by atoms with Gasteiger partial charge in [0.1, 0.15) is 6.61 Å². The van der Waals surface area contributed by atoms with Gasteiger partial charge < -0.3 is 14.8 Å². The lowest BCUT2D eigenvalue weighted by Crippen LogP contribution is -2.12. The zero-order chi connectivity index (χ0) is 25.7. The summed E-state index contributed by atoms with van der Waals surface area (Å²) in [7, 11) is 1.53. The number of nitrogens with one attached hydrogen (secondary N) is 1. The number of methoxy groups -OCH3 is 1. The minimum Gasteiger partial charge on any atom is -0.460 e. The highest BCUT2D eigenvalue weighted by molar-refractivity contribution is 6.04. The van der Waals surface area contributed by atoms with Crippen molar-refractivity contribution in [2.24, 2.45) is 0 Å². The number of anilines is 1. The molecule has 0 atom stereocenters. The molecule has 0 bridgehead atoms. The van der Waals surface area contributed by atoms with Crippen LogP contribution in [0.2, 0.25) is 0 Å². The number of hydrogen-bond donors (Lipinski definition) is 1. The van der Waals surface area contributed by atoms with Crippen LogP contribution in [0.15, 0.2) is 72.8 Å². The van der Waals surface area contributed by atoms with Crippen molar-refractivity contribution in [2.45, 2.75) is 13.1 Å². The van der Waals surface area contributed by atoms with Crippen molar-refractivity contribution in [3.8, 4) is 23.1 Å². The molecule has 7 nitrogen and oxygen atoms in total. The molecule has 0 unspecified atom stereocenters. The number of halogens is 3. The van der Waals surface area contributed by atoms with Gasteiger partial charge in [0, 0.05) is 23.9 Å². The SMILES string of the molecule is COCCOc1nc(-c2ccc(C(F)(F)F)cc2)n(-c2cccc(NC(=O)c3ccc(C)cc3)c2)n1. The first-order chi connectivity index (χ1) is 17.2. The number of rotatable bonds is 8.